The van der Waals surface area contributed by atoms with Crippen molar-refractivity contribution in [2.24, 2.45) is 0 Å². The molecule has 2 aromatic rings. The van der Waals surface area contributed by atoms with Crippen molar-refractivity contribution < 1.29 is 9.53 Å². The second kappa shape index (κ2) is 7.50. The Hall–Kier alpha value is -2.34. The number of fused-ring (bicyclic) bond motifs is 1. The predicted molar refractivity (Wildman–Crippen MR) is 103 cm³/mol. The lowest BCUT2D eigenvalue weighted by Gasteiger charge is -2.40. The number of para-hydroxylation sites is 1. The first-order valence-corrected chi connectivity index (χ1v) is 9.42. The molecular formula is C20H26N4O2. The lowest BCUT2D eigenvalue weighted by molar-refractivity contribution is 0.0414. The van der Waals surface area contributed by atoms with Gasteiger partial charge in [-0.25, -0.2) is 9.78 Å². The Morgan fingerprint density at radius 3 is 2.81 bits per heavy atom. The van der Waals surface area contributed by atoms with Crippen LogP contribution in [0.4, 0.5) is 10.6 Å². The average Bonchev–Trinajstić information content (AvgIpc) is 2.73. The largest absolute Gasteiger partial charge is 0.378 e. The molecule has 0 spiro atoms. The maximum Gasteiger partial charge on any atom is 0.320 e. The minimum Gasteiger partial charge on any atom is -0.378 e. The molecular weight excluding hydrogens is 328 g/mol. The SMILES string of the molecule is CN(C(=O)N1CCOCC1)C1CCCN(c2ccc3ccccc3n2)C1. The monoisotopic (exact) mass is 354 g/mol. The van der Waals surface area contributed by atoms with Gasteiger partial charge < -0.3 is 19.4 Å². The number of anilines is 1. The van der Waals surface area contributed by atoms with Gasteiger partial charge in [-0.2, -0.15) is 0 Å². The number of aromatic nitrogens is 1. The van der Waals surface area contributed by atoms with E-state index in [-0.39, 0.29) is 12.1 Å². The highest BCUT2D eigenvalue weighted by molar-refractivity contribution is 5.80. The third-order valence-corrected chi connectivity index (χ3v) is 5.44. The highest BCUT2D eigenvalue weighted by atomic mass is 16.5. The normalized spacial score (nSPS) is 21.0. The summed E-state index contributed by atoms with van der Waals surface area (Å²) in [5, 5.41) is 1.16. The fourth-order valence-electron chi connectivity index (χ4n) is 3.84. The number of likely N-dealkylation sites (N-methyl/N-ethyl adjacent to an activating group) is 1. The third kappa shape index (κ3) is 3.46. The van der Waals surface area contributed by atoms with Gasteiger partial charge in [0, 0.05) is 38.6 Å². The number of amides is 2. The summed E-state index contributed by atoms with van der Waals surface area (Å²) in [6.07, 6.45) is 2.11. The van der Waals surface area contributed by atoms with E-state index >= 15 is 0 Å². The minimum absolute atomic E-state index is 0.117. The van der Waals surface area contributed by atoms with E-state index in [9.17, 15) is 4.79 Å². The second-order valence-electron chi connectivity index (χ2n) is 7.10. The smallest absolute Gasteiger partial charge is 0.320 e. The zero-order valence-electron chi connectivity index (χ0n) is 15.3. The van der Waals surface area contributed by atoms with Crippen molar-refractivity contribution in [1.82, 2.24) is 14.8 Å². The van der Waals surface area contributed by atoms with Crippen LogP contribution >= 0.6 is 0 Å². The average molecular weight is 354 g/mol. The number of benzene rings is 1. The van der Waals surface area contributed by atoms with Gasteiger partial charge in [0.2, 0.25) is 0 Å². The molecule has 1 aromatic heterocycles. The number of ether oxygens (including phenoxy) is 1. The topological polar surface area (TPSA) is 48.9 Å². The molecule has 1 aromatic carbocycles. The molecule has 138 valence electrons. The Kier molecular flexibility index (Phi) is 4.93. The van der Waals surface area contributed by atoms with Gasteiger partial charge in [-0.05, 0) is 31.0 Å². The van der Waals surface area contributed by atoms with Crippen LogP contribution in [-0.2, 0) is 4.74 Å². The van der Waals surface area contributed by atoms with Crippen LogP contribution in [0.2, 0.25) is 0 Å². The molecule has 6 nitrogen and oxygen atoms in total. The Bertz CT molecular complexity index is 775. The van der Waals surface area contributed by atoms with Gasteiger partial charge in [-0.15, -0.1) is 0 Å². The van der Waals surface area contributed by atoms with E-state index in [0.717, 1.165) is 42.7 Å². The summed E-state index contributed by atoms with van der Waals surface area (Å²) in [5.74, 6) is 1.00. The Labute approximate surface area is 154 Å². The molecule has 1 atom stereocenters. The summed E-state index contributed by atoms with van der Waals surface area (Å²) >= 11 is 0. The lowest BCUT2D eigenvalue weighted by Crippen LogP contribution is -2.54. The van der Waals surface area contributed by atoms with Gasteiger partial charge in [-0.3, -0.25) is 0 Å². The number of carbonyl (C=O) groups is 1. The molecule has 0 radical (unpaired) electrons. The molecule has 2 saturated heterocycles. The molecule has 3 heterocycles. The van der Waals surface area contributed by atoms with E-state index < -0.39 is 0 Å². The zero-order valence-corrected chi connectivity index (χ0v) is 15.3. The van der Waals surface area contributed by atoms with Crippen molar-refractivity contribution in [3.8, 4) is 0 Å². The molecule has 6 heteroatoms. The van der Waals surface area contributed by atoms with Gasteiger partial charge in [0.25, 0.3) is 0 Å². The molecule has 0 aliphatic carbocycles. The van der Waals surface area contributed by atoms with E-state index in [1.165, 1.54) is 0 Å². The highest BCUT2D eigenvalue weighted by Crippen LogP contribution is 2.23. The summed E-state index contributed by atoms with van der Waals surface area (Å²) in [6.45, 7) is 4.46. The summed E-state index contributed by atoms with van der Waals surface area (Å²) in [6, 6.07) is 12.7. The Balaban J connectivity index is 1.46. The number of carbonyl (C=O) groups excluding carboxylic acids is 1. The van der Waals surface area contributed by atoms with Gasteiger partial charge in [0.1, 0.15) is 5.82 Å². The van der Waals surface area contributed by atoms with E-state index in [2.05, 4.69) is 23.1 Å². The van der Waals surface area contributed by atoms with Gasteiger partial charge in [-0.1, -0.05) is 18.2 Å². The Morgan fingerprint density at radius 1 is 1.15 bits per heavy atom. The molecule has 2 aliphatic rings. The summed E-state index contributed by atoms with van der Waals surface area (Å²) in [4.78, 5) is 23.7. The molecule has 2 amide bonds. The summed E-state index contributed by atoms with van der Waals surface area (Å²) in [7, 11) is 1.93. The zero-order chi connectivity index (χ0) is 17.9. The number of hydrogen-bond acceptors (Lipinski definition) is 4. The van der Waals surface area contributed by atoms with Crippen molar-refractivity contribution in [2.75, 3.05) is 51.3 Å². The molecule has 0 bridgehead atoms. The first kappa shape index (κ1) is 17.1. The number of pyridine rings is 1. The lowest BCUT2D eigenvalue weighted by atomic mass is 10.0. The molecule has 0 saturated carbocycles. The maximum atomic E-state index is 12.8. The van der Waals surface area contributed by atoms with Crippen LogP contribution in [0.5, 0.6) is 0 Å². The van der Waals surface area contributed by atoms with Crippen LogP contribution in [0.15, 0.2) is 36.4 Å². The fraction of sp³-hybridized carbons (Fsp3) is 0.500. The van der Waals surface area contributed by atoms with Crippen molar-refractivity contribution >= 4 is 22.8 Å². The van der Waals surface area contributed by atoms with Gasteiger partial charge >= 0.3 is 6.03 Å². The fourth-order valence-corrected chi connectivity index (χ4v) is 3.84. The number of piperidine rings is 1. The van der Waals surface area contributed by atoms with Crippen molar-refractivity contribution in [1.29, 1.82) is 0 Å². The number of urea groups is 1. The summed E-state index contributed by atoms with van der Waals surface area (Å²) in [5.41, 5.74) is 1.02. The molecule has 1 unspecified atom stereocenters. The number of hydrogen-bond donors (Lipinski definition) is 0. The van der Waals surface area contributed by atoms with Crippen molar-refractivity contribution in [3.63, 3.8) is 0 Å². The second-order valence-corrected chi connectivity index (χ2v) is 7.10. The number of nitrogens with zero attached hydrogens (tertiary/aromatic N) is 4. The Morgan fingerprint density at radius 2 is 1.96 bits per heavy atom. The quantitative estimate of drug-likeness (QED) is 0.832. The van der Waals surface area contributed by atoms with Gasteiger partial charge in [0.05, 0.1) is 24.8 Å². The van der Waals surface area contributed by atoms with Crippen LogP contribution in [0.1, 0.15) is 12.8 Å². The third-order valence-electron chi connectivity index (χ3n) is 5.44. The van der Waals surface area contributed by atoms with Crippen LogP contribution in [0.3, 0.4) is 0 Å². The molecule has 26 heavy (non-hydrogen) atoms. The number of rotatable bonds is 2. The van der Waals surface area contributed by atoms with Crippen molar-refractivity contribution in [3.05, 3.63) is 36.4 Å². The van der Waals surface area contributed by atoms with E-state index in [0.29, 0.717) is 26.3 Å². The van der Waals surface area contributed by atoms with E-state index in [4.69, 9.17) is 9.72 Å². The van der Waals surface area contributed by atoms with Crippen LogP contribution in [0, 0.1) is 0 Å². The maximum absolute atomic E-state index is 12.8. The van der Waals surface area contributed by atoms with Gasteiger partial charge in [0.15, 0.2) is 0 Å². The van der Waals surface area contributed by atoms with Crippen LogP contribution in [-0.4, -0.2) is 73.3 Å². The molecule has 0 N–H and O–H groups in total. The molecule has 4 rings (SSSR count). The van der Waals surface area contributed by atoms with E-state index in [1.54, 1.807) is 0 Å². The summed E-state index contributed by atoms with van der Waals surface area (Å²) < 4.78 is 5.36. The first-order chi connectivity index (χ1) is 12.7. The molecule has 2 fully saturated rings. The van der Waals surface area contributed by atoms with Crippen LogP contribution < -0.4 is 4.90 Å². The first-order valence-electron chi connectivity index (χ1n) is 9.42. The number of morpholine rings is 1. The minimum atomic E-state index is 0.117. The standard InChI is InChI=1S/C20H26N4O2/c1-22(20(25)23-11-13-26-14-12-23)17-6-4-10-24(15-17)19-9-8-16-5-2-3-7-18(16)21-19/h2-3,5,7-9,17H,4,6,10-15H2,1H3. The van der Waals surface area contributed by atoms with Crippen molar-refractivity contribution in [2.45, 2.75) is 18.9 Å². The predicted octanol–water partition coefficient (Wildman–Crippen LogP) is 2.59. The van der Waals surface area contributed by atoms with Crippen LogP contribution in [0.25, 0.3) is 10.9 Å². The van der Waals surface area contributed by atoms with E-state index in [1.807, 2.05) is 35.0 Å². The highest BCUT2D eigenvalue weighted by Gasteiger charge is 2.29. The molecule has 2 aliphatic heterocycles.